The molecule has 0 aliphatic carbocycles. The van der Waals surface area contributed by atoms with E-state index >= 15 is 0 Å². The molecule has 0 aromatic carbocycles. The number of alkyl halides is 1. The molecule has 13 heavy (non-hydrogen) atoms. The molecular formula is C9H16FNO2. The Hall–Kier alpha value is -0.640. The summed E-state index contributed by atoms with van der Waals surface area (Å²) in [5.41, 5.74) is -0.596. The van der Waals surface area contributed by atoms with Crippen LogP contribution in [0.4, 0.5) is 4.39 Å². The second-order valence-electron chi connectivity index (χ2n) is 3.55. The van der Waals surface area contributed by atoms with Crippen LogP contribution in [-0.2, 0) is 9.53 Å². The van der Waals surface area contributed by atoms with E-state index in [1.165, 1.54) is 7.11 Å². The van der Waals surface area contributed by atoms with Crippen LogP contribution in [0.2, 0.25) is 0 Å². The summed E-state index contributed by atoms with van der Waals surface area (Å²) in [6.45, 7) is 2.52. The number of ether oxygens (including phenoxy) is 1. The summed E-state index contributed by atoms with van der Waals surface area (Å²) in [5, 5.41) is 0. The third-order valence-electron chi connectivity index (χ3n) is 2.77. The monoisotopic (exact) mass is 189 g/mol. The molecule has 0 spiro atoms. The molecule has 1 aliphatic rings. The highest BCUT2D eigenvalue weighted by molar-refractivity contribution is 5.80. The molecule has 1 atom stereocenters. The van der Waals surface area contributed by atoms with Crippen molar-refractivity contribution in [2.24, 2.45) is 0 Å². The minimum atomic E-state index is -0.596. The summed E-state index contributed by atoms with van der Waals surface area (Å²) in [6.07, 6.45) is 1.70. The molecule has 4 heteroatoms. The van der Waals surface area contributed by atoms with Crippen molar-refractivity contribution in [3.63, 3.8) is 0 Å². The number of rotatable bonds is 3. The van der Waals surface area contributed by atoms with Crippen LogP contribution in [0, 0.1) is 0 Å². The SMILES string of the molecule is COC(=O)[C@@]1(C)CCCN1CCF. The van der Waals surface area contributed by atoms with Gasteiger partial charge in [0.25, 0.3) is 0 Å². The highest BCUT2D eigenvalue weighted by atomic mass is 19.1. The third kappa shape index (κ3) is 1.82. The van der Waals surface area contributed by atoms with Crippen molar-refractivity contribution in [3.8, 4) is 0 Å². The number of hydrogen-bond acceptors (Lipinski definition) is 3. The average Bonchev–Trinajstić information content (AvgIpc) is 2.49. The molecule has 0 saturated carbocycles. The van der Waals surface area contributed by atoms with E-state index in [0.717, 1.165) is 19.4 Å². The predicted octanol–water partition coefficient (Wildman–Crippen LogP) is 0.983. The zero-order valence-electron chi connectivity index (χ0n) is 8.18. The zero-order chi connectivity index (χ0) is 9.90. The summed E-state index contributed by atoms with van der Waals surface area (Å²) in [6, 6.07) is 0. The Morgan fingerprint density at radius 2 is 2.38 bits per heavy atom. The first-order valence-corrected chi connectivity index (χ1v) is 4.54. The van der Waals surface area contributed by atoms with Crippen LogP contribution in [-0.4, -0.2) is 43.3 Å². The van der Waals surface area contributed by atoms with E-state index in [-0.39, 0.29) is 5.97 Å². The van der Waals surface area contributed by atoms with E-state index < -0.39 is 12.2 Å². The molecule has 1 saturated heterocycles. The smallest absolute Gasteiger partial charge is 0.325 e. The number of carbonyl (C=O) groups is 1. The maximum atomic E-state index is 12.2. The first-order valence-electron chi connectivity index (χ1n) is 4.54. The number of halogens is 1. The Labute approximate surface area is 77.9 Å². The molecule has 1 aliphatic heterocycles. The number of hydrogen-bond donors (Lipinski definition) is 0. The molecule has 1 heterocycles. The van der Waals surface area contributed by atoms with Crippen molar-refractivity contribution in [2.45, 2.75) is 25.3 Å². The Kier molecular flexibility index (Phi) is 3.25. The molecule has 0 amide bonds. The number of methoxy groups -OCH3 is 1. The van der Waals surface area contributed by atoms with Gasteiger partial charge in [-0.25, -0.2) is 4.39 Å². The van der Waals surface area contributed by atoms with Crippen LogP contribution < -0.4 is 0 Å². The van der Waals surface area contributed by atoms with Crippen molar-refractivity contribution in [2.75, 3.05) is 26.9 Å². The van der Waals surface area contributed by atoms with Crippen molar-refractivity contribution < 1.29 is 13.9 Å². The normalized spacial score (nSPS) is 29.2. The second-order valence-corrected chi connectivity index (χ2v) is 3.55. The van der Waals surface area contributed by atoms with Crippen molar-refractivity contribution in [1.29, 1.82) is 0 Å². The summed E-state index contributed by atoms with van der Waals surface area (Å²) >= 11 is 0. The van der Waals surface area contributed by atoms with Crippen LogP contribution in [0.1, 0.15) is 19.8 Å². The van der Waals surface area contributed by atoms with E-state index in [0.29, 0.717) is 6.54 Å². The van der Waals surface area contributed by atoms with Crippen molar-refractivity contribution in [3.05, 3.63) is 0 Å². The van der Waals surface area contributed by atoms with Gasteiger partial charge in [0.05, 0.1) is 7.11 Å². The molecule has 0 bridgehead atoms. The fraction of sp³-hybridized carbons (Fsp3) is 0.889. The van der Waals surface area contributed by atoms with Crippen molar-refractivity contribution >= 4 is 5.97 Å². The summed E-state index contributed by atoms with van der Waals surface area (Å²) in [4.78, 5) is 13.3. The van der Waals surface area contributed by atoms with Crippen LogP contribution in [0.3, 0.4) is 0 Å². The maximum absolute atomic E-state index is 12.2. The van der Waals surface area contributed by atoms with Gasteiger partial charge in [0.2, 0.25) is 0 Å². The zero-order valence-corrected chi connectivity index (χ0v) is 8.18. The molecule has 0 aromatic rings. The van der Waals surface area contributed by atoms with E-state index in [1.807, 2.05) is 11.8 Å². The van der Waals surface area contributed by atoms with Gasteiger partial charge in [-0.3, -0.25) is 9.69 Å². The largest absolute Gasteiger partial charge is 0.468 e. The van der Waals surface area contributed by atoms with Gasteiger partial charge >= 0.3 is 5.97 Å². The van der Waals surface area contributed by atoms with E-state index in [4.69, 9.17) is 4.74 Å². The van der Waals surface area contributed by atoms with Crippen LogP contribution in [0.5, 0.6) is 0 Å². The number of likely N-dealkylation sites (tertiary alicyclic amines) is 1. The highest BCUT2D eigenvalue weighted by Crippen LogP contribution is 2.29. The van der Waals surface area contributed by atoms with Gasteiger partial charge in [-0.05, 0) is 26.3 Å². The average molecular weight is 189 g/mol. The van der Waals surface area contributed by atoms with Gasteiger partial charge in [-0.2, -0.15) is 0 Å². The lowest BCUT2D eigenvalue weighted by Gasteiger charge is -2.31. The lowest BCUT2D eigenvalue weighted by atomic mass is 9.99. The fourth-order valence-corrected chi connectivity index (χ4v) is 1.93. The van der Waals surface area contributed by atoms with Crippen molar-refractivity contribution in [1.82, 2.24) is 4.90 Å². The van der Waals surface area contributed by atoms with E-state index in [1.54, 1.807) is 0 Å². The van der Waals surface area contributed by atoms with Crippen LogP contribution in [0.15, 0.2) is 0 Å². The molecule has 0 radical (unpaired) electrons. The lowest BCUT2D eigenvalue weighted by molar-refractivity contribution is -0.152. The maximum Gasteiger partial charge on any atom is 0.325 e. The quantitative estimate of drug-likeness (QED) is 0.620. The molecule has 3 nitrogen and oxygen atoms in total. The first kappa shape index (κ1) is 10.4. The van der Waals surface area contributed by atoms with Gasteiger partial charge in [0, 0.05) is 6.54 Å². The molecule has 0 aromatic heterocycles. The lowest BCUT2D eigenvalue weighted by Crippen LogP contribution is -2.49. The molecule has 76 valence electrons. The minimum absolute atomic E-state index is 0.251. The van der Waals surface area contributed by atoms with E-state index in [2.05, 4.69) is 0 Å². The Morgan fingerprint density at radius 3 is 2.92 bits per heavy atom. The number of carbonyl (C=O) groups excluding carboxylic acids is 1. The van der Waals surface area contributed by atoms with Gasteiger partial charge in [0.15, 0.2) is 0 Å². The third-order valence-corrected chi connectivity index (χ3v) is 2.77. The summed E-state index contributed by atoms with van der Waals surface area (Å²) < 4.78 is 16.9. The molecule has 1 rings (SSSR count). The number of nitrogens with zero attached hydrogens (tertiary/aromatic N) is 1. The molecule has 1 fully saturated rings. The van der Waals surface area contributed by atoms with Crippen LogP contribution in [0.25, 0.3) is 0 Å². The topological polar surface area (TPSA) is 29.5 Å². The standard InChI is InChI=1S/C9H16FNO2/c1-9(8(12)13-2)4-3-6-11(9)7-5-10/h3-7H2,1-2H3/t9-/m1/s1. The van der Waals surface area contributed by atoms with Crippen LogP contribution >= 0.6 is 0 Å². The summed E-state index contributed by atoms with van der Waals surface area (Å²) in [5.74, 6) is -0.251. The molecular weight excluding hydrogens is 173 g/mol. The Balaban J connectivity index is 2.69. The predicted molar refractivity (Wildman–Crippen MR) is 47.2 cm³/mol. The fourth-order valence-electron chi connectivity index (χ4n) is 1.93. The Morgan fingerprint density at radius 1 is 1.69 bits per heavy atom. The minimum Gasteiger partial charge on any atom is -0.468 e. The summed E-state index contributed by atoms with van der Waals surface area (Å²) in [7, 11) is 1.37. The van der Waals surface area contributed by atoms with E-state index in [9.17, 15) is 9.18 Å². The molecule has 0 unspecified atom stereocenters. The Bertz CT molecular complexity index is 198. The van der Waals surface area contributed by atoms with Gasteiger partial charge < -0.3 is 4.74 Å². The molecule has 0 N–H and O–H groups in total. The first-order chi connectivity index (χ1) is 6.15. The van der Waals surface area contributed by atoms with Gasteiger partial charge in [0.1, 0.15) is 12.2 Å². The van der Waals surface area contributed by atoms with Gasteiger partial charge in [-0.15, -0.1) is 0 Å². The number of esters is 1. The second kappa shape index (κ2) is 4.05. The van der Waals surface area contributed by atoms with Gasteiger partial charge in [-0.1, -0.05) is 0 Å². The highest BCUT2D eigenvalue weighted by Gasteiger charge is 2.43.